The van der Waals surface area contributed by atoms with Crippen LogP contribution in [0.3, 0.4) is 0 Å². The molecule has 0 spiro atoms. The number of likely N-dealkylation sites (N-methyl/N-ethyl adjacent to an activating group) is 1. The van der Waals surface area contributed by atoms with Crippen LogP contribution in [0.4, 0.5) is 0 Å². The summed E-state index contributed by atoms with van der Waals surface area (Å²) in [4.78, 5) is 17.9. The lowest BCUT2D eigenvalue weighted by molar-refractivity contribution is -0.134. The molecule has 0 N–H and O–H groups in total. The minimum Gasteiger partial charge on any atom is -0.439 e. The summed E-state index contributed by atoms with van der Waals surface area (Å²) in [6.45, 7) is 8.59. The van der Waals surface area contributed by atoms with E-state index in [1.807, 2.05) is 32.6 Å². The maximum absolute atomic E-state index is 11.9. The fourth-order valence-corrected chi connectivity index (χ4v) is 1.80. The second-order valence-electron chi connectivity index (χ2n) is 5.83. The molecule has 1 saturated carbocycles. The Hall–Kier alpha value is -1.59. The van der Waals surface area contributed by atoms with Gasteiger partial charge in [0.1, 0.15) is 0 Å². The Morgan fingerprint density at radius 2 is 2.16 bits per heavy atom. The number of aromatic nitrogens is 2. The number of carbonyl (C=O) groups is 1. The molecule has 19 heavy (non-hydrogen) atoms. The van der Waals surface area contributed by atoms with Crippen molar-refractivity contribution < 1.29 is 14.1 Å². The Kier molecular flexibility index (Phi) is 3.78. The highest BCUT2D eigenvalue weighted by atomic mass is 16.6. The molecule has 0 unspecified atom stereocenters. The van der Waals surface area contributed by atoms with Gasteiger partial charge >= 0.3 is 6.08 Å². The Bertz CT molecular complexity index is 446. The van der Waals surface area contributed by atoms with Crippen LogP contribution < -0.4 is 4.74 Å². The molecule has 1 amide bonds. The topological polar surface area (TPSA) is 68.5 Å². The van der Waals surface area contributed by atoms with E-state index in [-0.39, 0.29) is 24.0 Å². The highest BCUT2D eigenvalue weighted by Crippen LogP contribution is 2.26. The summed E-state index contributed by atoms with van der Waals surface area (Å²) in [5, 5.41) is 3.84. The molecule has 6 heteroatoms. The fourth-order valence-electron chi connectivity index (χ4n) is 1.80. The highest BCUT2D eigenvalue weighted by molar-refractivity contribution is 5.78. The van der Waals surface area contributed by atoms with Gasteiger partial charge in [0.25, 0.3) is 5.91 Å². The third-order valence-electron chi connectivity index (χ3n) is 3.05. The van der Waals surface area contributed by atoms with Gasteiger partial charge in [-0.2, -0.15) is 4.98 Å². The lowest BCUT2D eigenvalue weighted by atomic mass is 9.96. The van der Waals surface area contributed by atoms with Crippen molar-refractivity contribution in [2.24, 2.45) is 0 Å². The Balaban J connectivity index is 1.88. The maximum Gasteiger partial charge on any atom is 0.417 e. The fraction of sp³-hybridized carbons (Fsp3) is 0.769. The third kappa shape index (κ3) is 3.45. The van der Waals surface area contributed by atoms with Gasteiger partial charge in [-0.1, -0.05) is 25.9 Å². The minimum absolute atomic E-state index is 0.0273. The zero-order valence-corrected chi connectivity index (χ0v) is 12.0. The van der Waals surface area contributed by atoms with Crippen molar-refractivity contribution in [1.29, 1.82) is 0 Å². The van der Waals surface area contributed by atoms with Gasteiger partial charge in [0, 0.05) is 18.0 Å². The molecule has 1 fully saturated rings. The molecule has 0 saturated heterocycles. The van der Waals surface area contributed by atoms with Crippen LogP contribution in [0.25, 0.3) is 0 Å². The Morgan fingerprint density at radius 3 is 2.63 bits per heavy atom. The number of ether oxygens (including phenoxy) is 1. The van der Waals surface area contributed by atoms with Gasteiger partial charge in [0.2, 0.25) is 0 Å². The van der Waals surface area contributed by atoms with Gasteiger partial charge in [-0.25, -0.2) is 0 Å². The average molecular weight is 267 g/mol. The summed E-state index contributed by atoms with van der Waals surface area (Å²) in [5.41, 5.74) is -0.196. The van der Waals surface area contributed by atoms with Gasteiger partial charge in [0.15, 0.2) is 12.4 Å². The van der Waals surface area contributed by atoms with Gasteiger partial charge in [-0.3, -0.25) is 9.32 Å². The van der Waals surface area contributed by atoms with Gasteiger partial charge in [0.05, 0.1) is 0 Å². The van der Waals surface area contributed by atoms with Crippen LogP contribution in [-0.4, -0.2) is 40.1 Å². The third-order valence-corrected chi connectivity index (χ3v) is 3.05. The first-order valence-electron chi connectivity index (χ1n) is 6.68. The first-order chi connectivity index (χ1) is 8.91. The normalized spacial score (nSPS) is 15.4. The second-order valence-corrected chi connectivity index (χ2v) is 5.83. The zero-order chi connectivity index (χ0) is 14.0. The van der Waals surface area contributed by atoms with E-state index in [1.165, 1.54) is 0 Å². The molecule has 0 bridgehead atoms. The van der Waals surface area contributed by atoms with Crippen LogP contribution in [-0.2, 0) is 10.2 Å². The predicted molar refractivity (Wildman–Crippen MR) is 68.9 cm³/mol. The minimum atomic E-state index is -0.196. The summed E-state index contributed by atoms with van der Waals surface area (Å²) in [6.07, 6.45) is 2.24. The van der Waals surface area contributed by atoms with Crippen LogP contribution in [0.5, 0.6) is 6.08 Å². The van der Waals surface area contributed by atoms with E-state index in [0.717, 1.165) is 12.8 Å². The smallest absolute Gasteiger partial charge is 0.417 e. The van der Waals surface area contributed by atoms with Crippen LogP contribution in [0.2, 0.25) is 0 Å². The van der Waals surface area contributed by atoms with Crippen molar-refractivity contribution in [3.63, 3.8) is 0 Å². The highest BCUT2D eigenvalue weighted by Gasteiger charge is 2.31. The van der Waals surface area contributed by atoms with Crippen LogP contribution in [0, 0.1) is 0 Å². The monoisotopic (exact) mass is 267 g/mol. The number of nitrogens with zero attached hydrogens (tertiary/aromatic N) is 3. The molecule has 0 aliphatic heterocycles. The van der Waals surface area contributed by atoms with E-state index in [2.05, 4.69) is 10.1 Å². The molecule has 1 aromatic heterocycles. The molecular formula is C13H21N3O3. The van der Waals surface area contributed by atoms with Gasteiger partial charge in [-0.15, -0.1) is 0 Å². The van der Waals surface area contributed by atoms with Crippen LogP contribution in [0.15, 0.2) is 4.52 Å². The van der Waals surface area contributed by atoms with E-state index >= 15 is 0 Å². The number of amides is 1. The van der Waals surface area contributed by atoms with Crippen LogP contribution >= 0.6 is 0 Å². The maximum atomic E-state index is 11.9. The molecule has 106 valence electrons. The lowest BCUT2D eigenvalue weighted by Crippen LogP contribution is -2.36. The van der Waals surface area contributed by atoms with E-state index in [4.69, 9.17) is 9.26 Å². The Morgan fingerprint density at radius 1 is 1.47 bits per heavy atom. The van der Waals surface area contributed by atoms with Crippen molar-refractivity contribution in [1.82, 2.24) is 15.0 Å². The number of hydrogen-bond acceptors (Lipinski definition) is 5. The number of carbonyl (C=O) groups excluding carboxylic acids is 1. The SMILES string of the molecule is CCN(C(=O)COc1nc(C(C)(C)C)no1)C1CC1. The van der Waals surface area contributed by atoms with Gasteiger partial charge < -0.3 is 9.64 Å². The summed E-state index contributed by atoms with van der Waals surface area (Å²) >= 11 is 0. The van der Waals surface area contributed by atoms with Crippen molar-refractivity contribution in [3.05, 3.63) is 5.82 Å². The van der Waals surface area contributed by atoms with E-state index in [0.29, 0.717) is 18.4 Å². The molecule has 1 aliphatic carbocycles. The van der Waals surface area contributed by atoms with Crippen LogP contribution in [0.1, 0.15) is 46.4 Å². The molecule has 2 rings (SSSR count). The molecular weight excluding hydrogens is 246 g/mol. The van der Waals surface area contributed by atoms with Crippen molar-refractivity contribution in [3.8, 4) is 6.08 Å². The number of rotatable bonds is 5. The first kappa shape index (κ1) is 13.8. The largest absolute Gasteiger partial charge is 0.439 e. The molecule has 0 radical (unpaired) electrons. The zero-order valence-electron chi connectivity index (χ0n) is 12.0. The van der Waals surface area contributed by atoms with E-state index in [1.54, 1.807) is 0 Å². The van der Waals surface area contributed by atoms with Crippen molar-refractivity contribution >= 4 is 5.91 Å². The van der Waals surface area contributed by atoms with E-state index in [9.17, 15) is 4.79 Å². The molecule has 0 aromatic carbocycles. The first-order valence-corrected chi connectivity index (χ1v) is 6.68. The molecule has 0 atom stereocenters. The van der Waals surface area contributed by atoms with E-state index < -0.39 is 0 Å². The quantitative estimate of drug-likeness (QED) is 0.813. The molecule has 6 nitrogen and oxygen atoms in total. The van der Waals surface area contributed by atoms with Crippen molar-refractivity contribution in [2.75, 3.05) is 13.2 Å². The summed E-state index contributed by atoms with van der Waals surface area (Å²) in [7, 11) is 0. The predicted octanol–water partition coefficient (Wildman–Crippen LogP) is 1.76. The molecule has 1 heterocycles. The molecule has 1 aliphatic rings. The second kappa shape index (κ2) is 5.19. The standard InChI is InChI=1S/C13H21N3O3/c1-5-16(9-6-7-9)10(17)8-18-12-14-11(15-19-12)13(2,3)4/h9H,5-8H2,1-4H3. The number of hydrogen-bond donors (Lipinski definition) is 0. The lowest BCUT2D eigenvalue weighted by Gasteiger charge is -2.19. The van der Waals surface area contributed by atoms with Gasteiger partial charge in [-0.05, 0) is 19.8 Å². The van der Waals surface area contributed by atoms with Crippen molar-refractivity contribution in [2.45, 2.75) is 52.0 Å². The average Bonchev–Trinajstić information content (AvgIpc) is 3.03. The summed E-state index contributed by atoms with van der Waals surface area (Å²) in [5.74, 6) is 0.546. The summed E-state index contributed by atoms with van der Waals surface area (Å²) < 4.78 is 10.2. The Labute approximate surface area is 113 Å². The molecule has 1 aromatic rings. The summed E-state index contributed by atoms with van der Waals surface area (Å²) in [6, 6.07) is 0.397.